The largest absolute Gasteiger partial charge is 0.462 e. The van der Waals surface area contributed by atoms with Crippen LogP contribution in [0.3, 0.4) is 0 Å². The van der Waals surface area contributed by atoms with Gasteiger partial charge < -0.3 is 14.2 Å². The van der Waals surface area contributed by atoms with Gasteiger partial charge in [0.1, 0.15) is 13.2 Å². The first-order valence-corrected chi connectivity index (χ1v) is 35.3. The van der Waals surface area contributed by atoms with Crippen LogP contribution in [0, 0.1) is 0 Å². The highest BCUT2D eigenvalue weighted by molar-refractivity contribution is 5.71. The van der Waals surface area contributed by atoms with Crippen LogP contribution in [-0.2, 0) is 28.6 Å². The molecule has 0 N–H and O–H groups in total. The van der Waals surface area contributed by atoms with Gasteiger partial charge in [0.25, 0.3) is 0 Å². The van der Waals surface area contributed by atoms with Crippen LogP contribution in [-0.4, -0.2) is 37.2 Å². The van der Waals surface area contributed by atoms with E-state index >= 15 is 0 Å². The molecule has 80 heavy (non-hydrogen) atoms. The molecule has 0 aromatic carbocycles. The van der Waals surface area contributed by atoms with E-state index in [1.54, 1.807) is 0 Å². The molecular formula is C74H134O6. The maximum atomic E-state index is 13.0. The summed E-state index contributed by atoms with van der Waals surface area (Å²) in [4.78, 5) is 38.4. The van der Waals surface area contributed by atoms with E-state index in [9.17, 15) is 14.4 Å². The molecule has 0 aliphatic heterocycles. The van der Waals surface area contributed by atoms with E-state index in [4.69, 9.17) is 14.2 Å². The van der Waals surface area contributed by atoms with E-state index < -0.39 is 6.10 Å². The maximum Gasteiger partial charge on any atom is 0.306 e. The summed E-state index contributed by atoms with van der Waals surface area (Å²) in [5.41, 5.74) is 0. The zero-order chi connectivity index (χ0) is 57.8. The predicted octanol–water partition coefficient (Wildman–Crippen LogP) is 24.3. The van der Waals surface area contributed by atoms with Crippen molar-refractivity contribution in [1.82, 2.24) is 0 Å². The van der Waals surface area contributed by atoms with Gasteiger partial charge in [0.05, 0.1) is 0 Å². The molecule has 0 saturated heterocycles. The van der Waals surface area contributed by atoms with Crippen molar-refractivity contribution >= 4 is 17.9 Å². The Labute approximate surface area is 498 Å². The van der Waals surface area contributed by atoms with E-state index in [2.05, 4.69) is 81.5 Å². The second-order valence-corrected chi connectivity index (χ2v) is 23.8. The molecule has 0 saturated carbocycles. The van der Waals surface area contributed by atoms with Gasteiger partial charge in [-0.3, -0.25) is 14.4 Å². The fourth-order valence-corrected chi connectivity index (χ4v) is 10.5. The van der Waals surface area contributed by atoms with Gasteiger partial charge in [0, 0.05) is 19.3 Å². The van der Waals surface area contributed by atoms with Gasteiger partial charge >= 0.3 is 17.9 Å². The van der Waals surface area contributed by atoms with Crippen molar-refractivity contribution < 1.29 is 28.6 Å². The Morgan fingerprint density at radius 3 is 0.775 bits per heavy atom. The van der Waals surface area contributed by atoms with E-state index in [1.165, 1.54) is 250 Å². The fourth-order valence-electron chi connectivity index (χ4n) is 10.5. The topological polar surface area (TPSA) is 78.9 Å². The Hall–Kier alpha value is -2.89. The molecule has 0 aromatic rings. The third kappa shape index (κ3) is 65.9. The second-order valence-electron chi connectivity index (χ2n) is 23.8. The molecule has 0 heterocycles. The summed E-state index contributed by atoms with van der Waals surface area (Å²) in [6, 6.07) is 0. The van der Waals surface area contributed by atoms with Crippen molar-refractivity contribution in [3.8, 4) is 0 Å². The lowest BCUT2D eigenvalue weighted by Crippen LogP contribution is -2.30. The smallest absolute Gasteiger partial charge is 0.306 e. The third-order valence-electron chi connectivity index (χ3n) is 15.8. The molecule has 1 unspecified atom stereocenters. The first-order valence-electron chi connectivity index (χ1n) is 35.3. The molecule has 0 aliphatic rings. The predicted molar refractivity (Wildman–Crippen MR) is 348 cm³/mol. The number of unbranched alkanes of at least 4 members (excludes halogenated alkanes) is 44. The molecule has 0 fully saturated rings. The third-order valence-corrected chi connectivity index (χ3v) is 15.8. The highest BCUT2D eigenvalue weighted by Crippen LogP contribution is 2.18. The van der Waals surface area contributed by atoms with Crippen LogP contribution in [0.2, 0.25) is 0 Å². The number of allylic oxidation sites excluding steroid dienone is 10. The normalized spacial score (nSPS) is 12.4. The highest BCUT2D eigenvalue weighted by Gasteiger charge is 2.19. The van der Waals surface area contributed by atoms with Crippen LogP contribution in [0.5, 0.6) is 0 Å². The average Bonchev–Trinajstić information content (AvgIpc) is 3.46. The molecule has 0 aliphatic carbocycles. The van der Waals surface area contributed by atoms with Crippen molar-refractivity contribution in [2.24, 2.45) is 0 Å². The zero-order valence-electron chi connectivity index (χ0n) is 53.6. The standard InChI is InChI=1S/C74H134O6/c1-4-7-10-13-16-19-22-25-28-30-32-34-36-37-39-40-42-44-46-49-52-55-58-61-64-67-73(76)79-70-71(69-78-72(75)66-63-60-57-54-51-48-27-24-21-18-15-12-9-6-3)80-74(77)68-65-62-59-56-53-50-47-45-43-41-38-35-33-31-29-26-23-20-17-14-11-8-5-2/h7,10,16,19,25,28,31-34,71H,4-6,8-9,11-15,17-18,20-24,26-27,29-30,35-70H2,1-3H3/b10-7-,19-16-,28-25-,33-31-,34-32-. The summed E-state index contributed by atoms with van der Waals surface area (Å²) in [5, 5.41) is 0. The van der Waals surface area contributed by atoms with E-state index in [0.29, 0.717) is 19.3 Å². The lowest BCUT2D eigenvalue weighted by Gasteiger charge is -2.18. The quantitative estimate of drug-likeness (QED) is 0.0261. The van der Waals surface area contributed by atoms with Crippen LogP contribution >= 0.6 is 0 Å². The molecule has 0 amide bonds. The number of hydrogen-bond acceptors (Lipinski definition) is 6. The van der Waals surface area contributed by atoms with Gasteiger partial charge in [-0.1, -0.05) is 332 Å². The van der Waals surface area contributed by atoms with E-state index in [0.717, 1.165) is 83.5 Å². The lowest BCUT2D eigenvalue weighted by atomic mass is 10.0. The fraction of sp³-hybridized carbons (Fsp3) is 0.824. The molecule has 0 rings (SSSR count). The Kier molecular flexibility index (Phi) is 66.1. The van der Waals surface area contributed by atoms with Crippen LogP contribution in [0.15, 0.2) is 60.8 Å². The Morgan fingerprint density at radius 2 is 0.487 bits per heavy atom. The number of rotatable bonds is 65. The Morgan fingerprint density at radius 1 is 0.263 bits per heavy atom. The van der Waals surface area contributed by atoms with Gasteiger partial charge in [-0.25, -0.2) is 0 Å². The SMILES string of the molecule is CC/C=C\C/C=C\C/C=C\C/C=C\CCCCCCCCCCCCCCC(=O)OCC(COC(=O)CCCCCCCCCCCCCCCC)OC(=O)CCCCCCCCCCCCC/C=C\CCCCCCCCCC. The summed E-state index contributed by atoms with van der Waals surface area (Å²) >= 11 is 0. The van der Waals surface area contributed by atoms with Crippen molar-refractivity contribution in [2.45, 2.75) is 380 Å². The van der Waals surface area contributed by atoms with Crippen molar-refractivity contribution in [3.63, 3.8) is 0 Å². The number of esters is 3. The molecule has 6 nitrogen and oxygen atoms in total. The number of hydrogen-bond donors (Lipinski definition) is 0. The first kappa shape index (κ1) is 77.1. The molecule has 1 atom stereocenters. The Balaban J connectivity index is 4.28. The summed E-state index contributed by atoms with van der Waals surface area (Å²) in [6.45, 7) is 6.59. The minimum atomic E-state index is -0.774. The molecule has 0 bridgehead atoms. The van der Waals surface area contributed by atoms with Crippen LogP contribution < -0.4 is 0 Å². The summed E-state index contributed by atoms with van der Waals surface area (Å²) in [6.07, 6.45) is 88.1. The monoisotopic (exact) mass is 1120 g/mol. The van der Waals surface area contributed by atoms with E-state index in [-0.39, 0.29) is 31.1 Å². The molecule has 0 aromatic heterocycles. The average molecular weight is 1120 g/mol. The molecule has 466 valence electrons. The van der Waals surface area contributed by atoms with Crippen LogP contribution in [0.4, 0.5) is 0 Å². The van der Waals surface area contributed by atoms with Crippen molar-refractivity contribution in [2.75, 3.05) is 13.2 Å². The van der Waals surface area contributed by atoms with Crippen molar-refractivity contribution in [3.05, 3.63) is 60.8 Å². The minimum Gasteiger partial charge on any atom is -0.462 e. The van der Waals surface area contributed by atoms with Gasteiger partial charge in [-0.2, -0.15) is 0 Å². The maximum absolute atomic E-state index is 13.0. The van der Waals surface area contributed by atoms with Gasteiger partial charge in [-0.15, -0.1) is 0 Å². The number of carbonyl (C=O) groups excluding carboxylic acids is 3. The molecular weight excluding hydrogens is 985 g/mol. The number of carbonyl (C=O) groups is 3. The van der Waals surface area contributed by atoms with E-state index in [1.807, 2.05) is 0 Å². The zero-order valence-corrected chi connectivity index (χ0v) is 53.6. The van der Waals surface area contributed by atoms with Gasteiger partial charge in [0.2, 0.25) is 0 Å². The molecule has 0 radical (unpaired) electrons. The van der Waals surface area contributed by atoms with Crippen LogP contribution in [0.1, 0.15) is 374 Å². The number of ether oxygens (including phenoxy) is 3. The van der Waals surface area contributed by atoms with Crippen LogP contribution in [0.25, 0.3) is 0 Å². The van der Waals surface area contributed by atoms with Crippen molar-refractivity contribution in [1.29, 1.82) is 0 Å². The first-order chi connectivity index (χ1) is 39.5. The summed E-state index contributed by atoms with van der Waals surface area (Å²) in [7, 11) is 0. The molecule has 6 heteroatoms. The molecule has 0 spiro atoms. The second kappa shape index (κ2) is 68.6. The van der Waals surface area contributed by atoms with Gasteiger partial charge in [0.15, 0.2) is 6.10 Å². The Bertz CT molecular complexity index is 1430. The lowest BCUT2D eigenvalue weighted by molar-refractivity contribution is -0.167. The summed E-state index contributed by atoms with van der Waals surface area (Å²) in [5.74, 6) is -0.847. The summed E-state index contributed by atoms with van der Waals surface area (Å²) < 4.78 is 17.0. The van der Waals surface area contributed by atoms with Gasteiger partial charge in [-0.05, 0) is 83.5 Å². The highest BCUT2D eigenvalue weighted by atomic mass is 16.6. The minimum absolute atomic E-state index is 0.0699.